The summed E-state index contributed by atoms with van der Waals surface area (Å²) in [6.07, 6.45) is 0.300. The highest BCUT2D eigenvalue weighted by molar-refractivity contribution is 5.37. The molecule has 0 aliphatic heterocycles. The molecule has 0 aliphatic rings. The average molecular weight is 213 g/mol. The first kappa shape index (κ1) is 11.7. The minimum absolute atomic E-state index is 0.196. The molecule has 82 valence electrons. The van der Waals surface area contributed by atoms with Crippen molar-refractivity contribution in [2.24, 2.45) is 5.73 Å². The van der Waals surface area contributed by atoms with Gasteiger partial charge in [-0.15, -0.1) is 6.58 Å². The third-order valence-corrected chi connectivity index (χ3v) is 2.05. The highest BCUT2D eigenvalue weighted by Gasteiger charge is 2.19. The Kier molecular flexibility index (Phi) is 3.42. The lowest BCUT2D eigenvalue weighted by molar-refractivity contribution is 0.410. The van der Waals surface area contributed by atoms with Gasteiger partial charge in [-0.2, -0.15) is 0 Å². The highest BCUT2D eigenvalue weighted by atomic mass is 19.1. The molecule has 2 nitrogen and oxygen atoms in total. The maximum Gasteiger partial charge on any atom is 0.165 e. The first-order chi connectivity index (χ1) is 6.93. The van der Waals surface area contributed by atoms with Gasteiger partial charge < -0.3 is 10.8 Å². The summed E-state index contributed by atoms with van der Waals surface area (Å²) in [7, 11) is 0. The lowest BCUT2D eigenvalue weighted by Gasteiger charge is -2.14. The lowest BCUT2D eigenvalue weighted by Crippen LogP contribution is -2.13. The van der Waals surface area contributed by atoms with Crippen molar-refractivity contribution in [3.63, 3.8) is 0 Å². The fourth-order valence-electron chi connectivity index (χ4n) is 1.39. The van der Waals surface area contributed by atoms with Gasteiger partial charge in [0.1, 0.15) is 5.82 Å². The summed E-state index contributed by atoms with van der Waals surface area (Å²) >= 11 is 0. The fraction of sp³-hybridized carbons (Fsp3) is 0.273. The van der Waals surface area contributed by atoms with E-state index < -0.39 is 23.4 Å². The van der Waals surface area contributed by atoms with Crippen LogP contribution in [0.4, 0.5) is 8.78 Å². The molecule has 1 aromatic carbocycles. The van der Waals surface area contributed by atoms with Crippen LogP contribution in [0, 0.1) is 11.6 Å². The molecule has 0 amide bonds. The van der Waals surface area contributed by atoms with Crippen molar-refractivity contribution in [3.05, 3.63) is 41.5 Å². The Balaban J connectivity index is 3.12. The number of hydrogen-bond donors (Lipinski definition) is 2. The van der Waals surface area contributed by atoms with E-state index in [-0.39, 0.29) is 5.56 Å². The number of benzene rings is 1. The van der Waals surface area contributed by atoms with Gasteiger partial charge in [0.15, 0.2) is 11.6 Å². The second-order valence-electron chi connectivity index (χ2n) is 3.56. The third-order valence-electron chi connectivity index (χ3n) is 2.05. The van der Waals surface area contributed by atoms with Crippen molar-refractivity contribution in [2.75, 3.05) is 0 Å². The first-order valence-electron chi connectivity index (χ1n) is 4.50. The number of halogens is 2. The number of rotatable bonds is 3. The third kappa shape index (κ3) is 2.53. The standard InChI is InChI=1S/C11H13F2NO/c1-6(2)5-9(14)10-7(12)3-4-8(13)11(10)15/h3-4,9,15H,1,5,14H2,2H3/t9-/m1/s1. The Morgan fingerprint density at radius 2 is 2.00 bits per heavy atom. The predicted molar refractivity (Wildman–Crippen MR) is 54.4 cm³/mol. The summed E-state index contributed by atoms with van der Waals surface area (Å²) in [6, 6.07) is 1.03. The largest absolute Gasteiger partial charge is 0.505 e. The van der Waals surface area contributed by atoms with Crippen LogP contribution in [0.15, 0.2) is 24.3 Å². The summed E-state index contributed by atoms with van der Waals surface area (Å²) in [5, 5.41) is 9.34. The predicted octanol–water partition coefficient (Wildman–Crippen LogP) is 2.64. The number of phenols is 1. The molecule has 0 saturated heterocycles. The first-order valence-corrected chi connectivity index (χ1v) is 4.50. The van der Waals surface area contributed by atoms with Crippen LogP contribution in [0.3, 0.4) is 0 Å². The molecule has 0 aliphatic carbocycles. The molecule has 1 atom stereocenters. The summed E-state index contributed by atoms with van der Waals surface area (Å²) in [4.78, 5) is 0. The van der Waals surface area contributed by atoms with Crippen LogP contribution in [-0.4, -0.2) is 5.11 Å². The molecule has 15 heavy (non-hydrogen) atoms. The average Bonchev–Trinajstić information content (AvgIpc) is 2.11. The molecule has 3 N–H and O–H groups in total. The Bertz CT molecular complexity index is 390. The zero-order chi connectivity index (χ0) is 11.6. The van der Waals surface area contributed by atoms with Crippen LogP contribution >= 0.6 is 0 Å². The van der Waals surface area contributed by atoms with E-state index in [9.17, 15) is 13.9 Å². The van der Waals surface area contributed by atoms with Gasteiger partial charge >= 0.3 is 0 Å². The smallest absolute Gasteiger partial charge is 0.165 e. The van der Waals surface area contributed by atoms with Crippen LogP contribution in [0.5, 0.6) is 5.75 Å². The monoisotopic (exact) mass is 213 g/mol. The van der Waals surface area contributed by atoms with Gasteiger partial charge in [0.2, 0.25) is 0 Å². The van der Waals surface area contributed by atoms with Gasteiger partial charge in [-0.3, -0.25) is 0 Å². The van der Waals surface area contributed by atoms with Crippen molar-refractivity contribution in [1.29, 1.82) is 0 Å². The van der Waals surface area contributed by atoms with Gasteiger partial charge in [0, 0.05) is 11.6 Å². The van der Waals surface area contributed by atoms with Crippen molar-refractivity contribution < 1.29 is 13.9 Å². The van der Waals surface area contributed by atoms with Crippen LogP contribution in [0.1, 0.15) is 24.9 Å². The van der Waals surface area contributed by atoms with Crippen molar-refractivity contribution >= 4 is 0 Å². The Morgan fingerprint density at radius 3 is 2.53 bits per heavy atom. The second kappa shape index (κ2) is 4.40. The summed E-state index contributed by atoms with van der Waals surface area (Å²) in [5.41, 5.74) is 6.18. The van der Waals surface area contributed by atoms with Crippen molar-refractivity contribution in [3.8, 4) is 5.75 Å². The number of phenolic OH excluding ortho intramolecular Hbond substituents is 1. The molecule has 1 aromatic rings. The summed E-state index contributed by atoms with van der Waals surface area (Å²) in [5.74, 6) is -2.30. The van der Waals surface area contributed by atoms with E-state index in [1.165, 1.54) is 0 Å². The van der Waals surface area contributed by atoms with Crippen LogP contribution in [0.25, 0.3) is 0 Å². The summed E-state index contributed by atoms with van der Waals surface area (Å²) < 4.78 is 26.3. The molecule has 0 aromatic heterocycles. The second-order valence-corrected chi connectivity index (χ2v) is 3.56. The molecular weight excluding hydrogens is 200 g/mol. The number of aromatic hydroxyl groups is 1. The number of hydrogen-bond acceptors (Lipinski definition) is 2. The highest BCUT2D eigenvalue weighted by Crippen LogP contribution is 2.31. The van der Waals surface area contributed by atoms with Gasteiger partial charge in [0.05, 0.1) is 0 Å². The molecule has 0 heterocycles. The fourth-order valence-corrected chi connectivity index (χ4v) is 1.39. The normalized spacial score (nSPS) is 12.5. The van der Waals surface area contributed by atoms with Gasteiger partial charge in [-0.1, -0.05) is 5.57 Å². The van der Waals surface area contributed by atoms with E-state index in [1.807, 2.05) is 0 Å². The van der Waals surface area contributed by atoms with E-state index in [1.54, 1.807) is 6.92 Å². The molecule has 4 heteroatoms. The van der Waals surface area contributed by atoms with Crippen LogP contribution in [0.2, 0.25) is 0 Å². The Labute approximate surface area is 87.0 Å². The van der Waals surface area contributed by atoms with E-state index in [2.05, 4.69) is 6.58 Å². The van der Waals surface area contributed by atoms with E-state index >= 15 is 0 Å². The van der Waals surface area contributed by atoms with Crippen molar-refractivity contribution in [1.82, 2.24) is 0 Å². The van der Waals surface area contributed by atoms with E-state index in [0.717, 1.165) is 17.7 Å². The zero-order valence-corrected chi connectivity index (χ0v) is 8.43. The maximum absolute atomic E-state index is 13.3. The summed E-state index contributed by atoms with van der Waals surface area (Å²) in [6.45, 7) is 5.35. The molecule has 0 bridgehead atoms. The molecular formula is C11H13F2NO. The number of nitrogens with two attached hydrogens (primary N) is 1. The SMILES string of the molecule is C=C(C)C[C@@H](N)c1c(F)ccc(F)c1O. The molecule has 0 saturated carbocycles. The minimum Gasteiger partial charge on any atom is -0.505 e. The maximum atomic E-state index is 13.3. The minimum atomic E-state index is -0.872. The van der Waals surface area contributed by atoms with E-state index in [0.29, 0.717) is 6.42 Å². The topological polar surface area (TPSA) is 46.2 Å². The molecule has 0 radical (unpaired) electrons. The molecule has 0 spiro atoms. The van der Waals surface area contributed by atoms with Gasteiger partial charge in [-0.05, 0) is 25.5 Å². The molecule has 0 unspecified atom stereocenters. The lowest BCUT2D eigenvalue weighted by atomic mass is 9.99. The van der Waals surface area contributed by atoms with Crippen LogP contribution < -0.4 is 5.73 Å². The van der Waals surface area contributed by atoms with E-state index in [4.69, 9.17) is 5.73 Å². The molecule has 1 rings (SSSR count). The van der Waals surface area contributed by atoms with Gasteiger partial charge in [-0.25, -0.2) is 8.78 Å². The quantitative estimate of drug-likeness (QED) is 0.758. The van der Waals surface area contributed by atoms with Crippen molar-refractivity contribution in [2.45, 2.75) is 19.4 Å². The van der Waals surface area contributed by atoms with Crippen LogP contribution in [-0.2, 0) is 0 Å². The Hall–Kier alpha value is -1.42. The zero-order valence-electron chi connectivity index (χ0n) is 8.43. The molecule has 0 fully saturated rings. The van der Waals surface area contributed by atoms with Gasteiger partial charge in [0.25, 0.3) is 0 Å². The Morgan fingerprint density at radius 1 is 1.47 bits per heavy atom.